The third-order valence-electron chi connectivity index (χ3n) is 2.52. The van der Waals surface area contributed by atoms with Gasteiger partial charge in [0.15, 0.2) is 5.11 Å². The molecule has 0 aliphatic carbocycles. The van der Waals surface area contributed by atoms with Crippen LogP contribution in [0, 0.1) is 13.8 Å². The van der Waals surface area contributed by atoms with E-state index >= 15 is 0 Å². The molecule has 0 atom stereocenters. The molecule has 0 aliphatic rings. The van der Waals surface area contributed by atoms with E-state index in [-0.39, 0.29) is 0 Å². The molecule has 20 heavy (non-hydrogen) atoms. The van der Waals surface area contributed by atoms with Gasteiger partial charge in [0.2, 0.25) is 0 Å². The predicted molar refractivity (Wildman–Crippen MR) is 90.0 cm³/mol. The van der Waals surface area contributed by atoms with Crippen LogP contribution in [-0.2, 0) is 0 Å². The Labute approximate surface area is 131 Å². The summed E-state index contributed by atoms with van der Waals surface area (Å²) in [6.07, 6.45) is 1.63. The SMILES string of the molecule is Cc1nc(/C=N\NC(=S)Nc2cccc(Cl)c2C)cs1. The van der Waals surface area contributed by atoms with Crippen molar-refractivity contribution in [1.82, 2.24) is 10.4 Å². The quantitative estimate of drug-likeness (QED) is 0.513. The van der Waals surface area contributed by atoms with Gasteiger partial charge in [0, 0.05) is 16.1 Å². The van der Waals surface area contributed by atoms with Crippen LogP contribution >= 0.6 is 35.2 Å². The number of benzene rings is 1. The van der Waals surface area contributed by atoms with Gasteiger partial charge in [-0.3, -0.25) is 5.43 Å². The Kier molecular flexibility index (Phi) is 5.05. The fourth-order valence-electron chi connectivity index (χ4n) is 1.49. The van der Waals surface area contributed by atoms with E-state index in [1.54, 1.807) is 17.6 Å². The van der Waals surface area contributed by atoms with Gasteiger partial charge in [-0.25, -0.2) is 4.98 Å². The second kappa shape index (κ2) is 6.78. The van der Waals surface area contributed by atoms with Gasteiger partial charge in [-0.15, -0.1) is 11.3 Å². The maximum absolute atomic E-state index is 6.04. The van der Waals surface area contributed by atoms with Gasteiger partial charge < -0.3 is 5.32 Å². The van der Waals surface area contributed by atoms with Gasteiger partial charge in [0.25, 0.3) is 0 Å². The Morgan fingerprint density at radius 1 is 1.45 bits per heavy atom. The molecule has 0 aliphatic heterocycles. The van der Waals surface area contributed by atoms with Gasteiger partial charge >= 0.3 is 0 Å². The molecule has 0 bridgehead atoms. The molecule has 2 N–H and O–H groups in total. The molecule has 0 saturated carbocycles. The van der Waals surface area contributed by atoms with Crippen LogP contribution in [0.4, 0.5) is 5.69 Å². The second-order valence-corrected chi connectivity index (χ2v) is 5.91. The van der Waals surface area contributed by atoms with Gasteiger partial charge in [-0.05, 0) is 43.8 Å². The van der Waals surface area contributed by atoms with Crippen molar-refractivity contribution in [3.8, 4) is 0 Å². The first-order chi connectivity index (χ1) is 9.56. The van der Waals surface area contributed by atoms with Crippen molar-refractivity contribution in [1.29, 1.82) is 0 Å². The van der Waals surface area contributed by atoms with E-state index in [1.807, 2.05) is 37.4 Å². The topological polar surface area (TPSA) is 49.3 Å². The Bertz CT molecular complexity index is 652. The van der Waals surface area contributed by atoms with Crippen LogP contribution in [0.5, 0.6) is 0 Å². The number of hydrogen-bond donors (Lipinski definition) is 2. The maximum Gasteiger partial charge on any atom is 0.191 e. The van der Waals surface area contributed by atoms with Crippen LogP contribution in [0.1, 0.15) is 16.3 Å². The molecule has 4 nitrogen and oxygen atoms in total. The number of thiocarbonyl (C=S) groups is 1. The summed E-state index contributed by atoms with van der Waals surface area (Å²) >= 11 is 12.8. The molecule has 1 aromatic heterocycles. The van der Waals surface area contributed by atoms with Crippen LogP contribution < -0.4 is 10.7 Å². The van der Waals surface area contributed by atoms with E-state index in [0.29, 0.717) is 10.1 Å². The van der Waals surface area contributed by atoms with E-state index < -0.39 is 0 Å². The third kappa shape index (κ3) is 4.00. The second-order valence-electron chi connectivity index (χ2n) is 4.03. The van der Waals surface area contributed by atoms with E-state index in [1.165, 1.54) is 0 Å². The lowest BCUT2D eigenvalue weighted by molar-refractivity contribution is 1.05. The van der Waals surface area contributed by atoms with Gasteiger partial charge in [0.1, 0.15) is 0 Å². The van der Waals surface area contributed by atoms with Crippen LogP contribution in [0.2, 0.25) is 5.02 Å². The molecule has 7 heteroatoms. The van der Waals surface area contributed by atoms with E-state index in [4.69, 9.17) is 23.8 Å². The van der Waals surface area contributed by atoms with Gasteiger partial charge in [-0.2, -0.15) is 5.10 Å². The summed E-state index contributed by atoms with van der Waals surface area (Å²) in [5.41, 5.74) is 5.35. The van der Waals surface area contributed by atoms with Crippen molar-refractivity contribution in [3.63, 3.8) is 0 Å². The lowest BCUT2D eigenvalue weighted by Crippen LogP contribution is -2.24. The number of halogens is 1. The molecule has 0 amide bonds. The number of rotatable bonds is 3. The van der Waals surface area contributed by atoms with Crippen LogP contribution in [0.25, 0.3) is 0 Å². The highest BCUT2D eigenvalue weighted by Crippen LogP contribution is 2.22. The smallest absolute Gasteiger partial charge is 0.191 e. The van der Waals surface area contributed by atoms with Crippen LogP contribution in [0.15, 0.2) is 28.7 Å². The maximum atomic E-state index is 6.04. The molecule has 2 rings (SSSR count). The predicted octanol–water partition coefficient (Wildman–Crippen LogP) is 3.73. The molecule has 2 aromatic rings. The fraction of sp³-hybridized carbons (Fsp3) is 0.154. The zero-order valence-corrected chi connectivity index (χ0v) is 13.4. The molecule has 0 radical (unpaired) electrons. The van der Waals surface area contributed by atoms with Gasteiger partial charge in [0.05, 0.1) is 16.9 Å². The Balaban J connectivity index is 1.93. The molecule has 0 fully saturated rings. The largest absolute Gasteiger partial charge is 0.331 e. The summed E-state index contributed by atoms with van der Waals surface area (Å²) in [5.74, 6) is 0. The fourth-order valence-corrected chi connectivity index (χ4v) is 2.39. The molecule has 1 aromatic carbocycles. The summed E-state index contributed by atoms with van der Waals surface area (Å²) in [6.45, 7) is 3.87. The zero-order valence-electron chi connectivity index (χ0n) is 11.0. The lowest BCUT2D eigenvalue weighted by Gasteiger charge is -2.10. The minimum Gasteiger partial charge on any atom is -0.331 e. The number of anilines is 1. The molecular weight excluding hydrogens is 312 g/mol. The number of nitrogens with zero attached hydrogens (tertiary/aromatic N) is 2. The van der Waals surface area contributed by atoms with Crippen molar-refractivity contribution in [2.24, 2.45) is 5.10 Å². The standard InChI is InChI=1S/C13H13ClN4S2/c1-8-11(14)4-3-5-12(8)17-13(19)18-15-6-10-7-20-9(2)16-10/h3-7H,1-2H3,(H2,17,18,19)/b15-6-. The molecule has 0 unspecified atom stereocenters. The first kappa shape index (κ1) is 14.9. The molecular formula is C13H13ClN4S2. The highest BCUT2D eigenvalue weighted by atomic mass is 35.5. The Morgan fingerprint density at radius 3 is 2.95 bits per heavy atom. The number of aromatic nitrogens is 1. The van der Waals surface area contributed by atoms with E-state index in [0.717, 1.165) is 22.0 Å². The minimum absolute atomic E-state index is 0.401. The van der Waals surface area contributed by atoms with Gasteiger partial charge in [-0.1, -0.05) is 17.7 Å². The first-order valence-corrected chi connectivity index (χ1v) is 7.50. The number of hydrogen-bond acceptors (Lipinski definition) is 4. The third-order valence-corrected chi connectivity index (χ3v) is 3.91. The van der Waals surface area contributed by atoms with Crippen molar-refractivity contribution >= 4 is 52.2 Å². The lowest BCUT2D eigenvalue weighted by atomic mass is 10.2. The Hall–Kier alpha value is -1.50. The normalized spacial score (nSPS) is 10.8. The summed E-state index contributed by atoms with van der Waals surface area (Å²) < 4.78 is 0. The highest BCUT2D eigenvalue weighted by Gasteiger charge is 2.03. The molecule has 0 saturated heterocycles. The minimum atomic E-state index is 0.401. The molecule has 104 valence electrons. The summed E-state index contributed by atoms with van der Waals surface area (Å²) in [5, 5.41) is 11.1. The van der Waals surface area contributed by atoms with Crippen LogP contribution in [-0.4, -0.2) is 16.3 Å². The number of thiazole rings is 1. The highest BCUT2D eigenvalue weighted by molar-refractivity contribution is 7.80. The van der Waals surface area contributed by atoms with Crippen molar-refractivity contribution in [3.05, 3.63) is 44.9 Å². The zero-order chi connectivity index (χ0) is 14.5. The average molecular weight is 325 g/mol. The first-order valence-electron chi connectivity index (χ1n) is 5.83. The Morgan fingerprint density at radius 2 is 2.25 bits per heavy atom. The van der Waals surface area contributed by atoms with Crippen molar-refractivity contribution < 1.29 is 0 Å². The summed E-state index contributed by atoms with van der Waals surface area (Å²) in [4.78, 5) is 4.27. The van der Waals surface area contributed by atoms with E-state index in [2.05, 4.69) is 20.8 Å². The van der Waals surface area contributed by atoms with Crippen molar-refractivity contribution in [2.75, 3.05) is 5.32 Å². The molecule has 0 spiro atoms. The number of nitrogens with one attached hydrogen (secondary N) is 2. The number of aryl methyl sites for hydroxylation is 1. The summed E-state index contributed by atoms with van der Waals surface area (Å²) in [6, 6.07) is 5.60. The van der Waals surface area contributed by atoms with Crippen LogP contribution in [0.3, 0.4) is 0 Å². The van der Waals surface area contributed by atoms with E-state index in [9.17, 15) is 0 Å². The average Bonchev–Trinajstić information content (AvgIpc) is 2.81. The summed E-state index contributed by atoms with van der Waals surface area (Å²) in [7, 11) is 0. The number of hydrazone groups is 1. The molecule has 1 heterocycles. The van der Waals surface area contributed by atoms with Crippen molar-refractivity contribution in [2.45, 2.75) is 13.8 Å². The monoisotopic (exact) mass is 324 g/mol.